The lowest BCUT2D eigenvalue weighted by molar-refractivity contribution is 0.0695. The van der Waals surface area contributed by atoms with E-state index < -0.39 is 29.0 Å². The highest BCUT2D eigenvalue weighted by Crippen LogP contribution is 2.25. The monoisotopic (exact) mass is 295 g/mol. The predicted molar refractivity (Wildman–Crippen MR) is 71.8 cm³/mol. The first-order chi connectivity index (χ1) is 9.88. The predicted octanol–water partition coefficient (Wildman–Crippen LogP) is 3.44. The van der Waals surface area contributed by atoms with Crippen molar-refractivity contribution in [2.75, 3.05) is 11.9 Å². The van der Waals surface area contributed by atoms with Gasteiger partial charge in [0.25, 0.3) is 0 Å². The summed E-state index contributed by atoms with van der Waals surface area (Å²) in [5.41, 5.74) is -0.117. The van der Waals surface area contributed by atoms with E-state index in [0.717, 1.165) is 12.1 Å². The van der Waals surface area contributed by atoms with Crippen LogP contribution in [0.4, 0.5) is 18.9 Å². The van der Waals surface area contributed by atoms with Crippen molar-refractivity contribution in [3.8, 4) is 0 Å². The zero-order chi connectivity index (χ0) is 15.6. The molecule has 110 valence electrons. The first kappa shape index (κ1) is 14.9. The highest BCUT2D eigenvalue weighted by atomic mass is 19.1. The van der Waals surface area contributed by atoms with Gasteiger partial charge in [-0.15, -0.1) is 0 Å². The van der Waals surface area contributed by atoms with Crippen LogP contribution in [0.5, 0.6) is 0 Å². The summed E-state index contributed by atoms with van der Waals surface area (Å²) < 4.78 is 40.6. The van der Waals surface area contributed by atoms with Gasteiger partial charge in [0.15, 0.2) is 0 Å². The molecule has 1 N–H and O–H groups in total. The molecule has 2 rings (SSSR count). The number of hydrogen-bond acceptors (Lipinski definition) is 2. The Balaban J connectivity index is 2.28. The van der Waals surface area contributed by atoms with Crippen LogP contribution in [0, 0.1) is 17.5 Å². The van der Waals surface area contributed by atoms with Crippen molar-refractivity contribution < 1.29 is 23.1 Å². The number of rotatable bonds is 4. The lowest BCUT2D eigenvalue weighted by atomic mass is 10.1. The summed E-state index contributed by atoms with van der Waals surface area (Å²) in [6, 6.07) is 7.05. The topological polar surface area (TPSA) is 40.5 Å². The van der Waals surface area contributed by atoms with Gasteiger partial charge in [-0.25, -0.2) is 18.0 Å². The molecule has 2 aromatic rings. The Morgan fingerprint density at radius 3 is 2.10 bits per heavy atom. The molecule has 0 atom stereocenters. The largest absolute Gasteiger partial charge is 0.478 e. The van der Waals surface area contributed by atoms with Gasteiger partial charge in [-0.3, -0.25) is 0 Å². The molecule has 0 amide bonds. The number of nitrogens with zero attached hydrogens (tertiary/aromatic N) is 1. The van der Waals surface area contributed by atoms with Gasteiger partial charge in [0, 0.05) is 13.6 Å². The fraction of sp³-hybridized carbons (Fsp3) is 0.133. The summed E-state index contributed by atoms with van der Waals surface area (Å²) in [6.07, 6.45) is 0. The van der Waals surface area contributed by atoms with Crippen LogP contribution in [0.25, 0.3) is 0 Å². The molecule has 0 saturated heterocycles. The Hall–Kier alpha value is -2.50. The average molecular weight is 295 g/mol. The fourth-order valence-corrected chi connectivity index (χ4v) is 2.00. The molecule has 0 unspecified atom stereocenters. The fourth-order valence-electron chi connectivity index (χ4n) is 2.00. The van der Waals surface area contributed by atoms with Crippen molar-refractivity contribution in [2.24, 2.45) is 0 Å². The molecule has 0 aliphatic rings. The molecule has 6 heteroatoms. The van der Waals surface area contributed by atoms with Crippen LogP contribution in [0.2, 0.25) is 0 Å². The van der Waals surface area contributed by atoms with Crippen LogP contribution in [-0.2, 0) is 6.54 Å². The Morgan fingerprint density at radius 2 is 1.62 bits per heavy atom. The molecule has 0 heterocycles. The minimum Gasteiger partial charge on any atom is -0.478 e. The zero-order valence-corrected chi connectivity index (χ0v) is 11.1. The van der Waals surface area contributed by atoms with Crippen LogP contribution in [0.15, 0.2) is 36.4 Å². The van der Waals surface area contributed by atoms with E-state index in [2.05, 4.69) is 0 Å². The van der Waals surface area contributed by atoms with E-state index in [1.165, 1.54) is 36.2 Å². The van der Waals surface area contributed by atoms with E-state index in [4.69, 9.17) is 5.11 Å². The number of hydrogen-bond donors (Lipinski definition) is 1. The Labute approximate surface area is 119 Å². The van der Waals surface area contributed by atoms with Crippen molar-refractivity contribution in [1.29, 1.82) is 0 Å². The van der Waals surface area contributed by atoms with Crippen molar-refractivity contribution in [3.63, 3.8) is 0 Å². The Kier molecular flexibility index (Phi) is 4.16. The molecule has 0 aromatic heterocycles. The van der Waals surface area contributed by atoms with Gasteiger partial charge in [-0.2, -0.15) is 0 Å². The van der Waals surface area contributed by atoms with E-state index in [1.54, 1.807) is 0 Å². The van der Waals surface area contributed by atoms with Crippen LogP contribution in [0.1, 0.15) is 15.9 Å². The molecule has 0 fully saturated rings. The number of carbonyl (C=O) groups is 1. The van der Waals surface area contributed by atoms with Gasteiger partial charge >= 0.3 is 5.97 Å². The maximum atomic E-state index is 13.9. The molecule has 0 spiro atoms. The van der Waals surface area contributed by atoms with Crippen LogP contribution in [-0.4, -0.2) is 18.1 Å². The SMILES string of the molecule is CN(Cc1ccc(F)cc1)c1c(F)cc(C(=O)O)cc1F. The lowest BCUT2D eigenvalue weighted by Crippen LogP contribution is -2.19. The Morgan fingerprint density at radius 1 is 1.10 bits per heavy atom. The minimum atomic E-state index is -1.40. The normalized spacial score (nSPS) is 10.5. The Bertz CT molecular complexity index is 648. The number of halogens is 3. The van der Waals surface area contributed by atoms with Crippen molar-refractivity contribution in [3.05, 3.63) is 65.0 Å². The number of aromatic carboxylic acids is 1. The van der Waals surface area contributed by atoms with Crippen LogP contribution in [0.3, 0.4) is 0 Å². The van der Waals surface area contributed by atoms with Crippen molar-refractivity contribution in [1.82, 2.24) is 0 Å². The molecule has 0 saturated carbocycles. The first-order valence-electron chi connectivity index (χ1n) is 6.06. The summed E-state index contributed by atoms with van der Waals surface area (Å²) >= 11 is 0. The molecule has 0 aliphatic heterocycles. The molecule has 0 radical (unpaired) electrons. The second-order valence-electron chi connectivity index (χ2n) is 4.58. The standard InChI is InChI=1S/C15H12F3NO2/c1-19(8-9-2-4-11(16)5-3-9)14-12(17)6-10(15(20)21)7-13(14)18/h2-7H,8H2,1H3,(H,20,21). The molecular formula is C15H12F3NO2. The third-order valence-electron chi connectivity index (χ3n) is 2.98. The quantitative estimate of drug-likeness (QED) is 0.939. The van der Waals surface area contributed by atoms with Crippen molar-refractivity contribution in [2.45, 2.75) is 6.54 Å². The van der Waals surface area contributed by atoms with E-state index in [0.29, 0.717) is 5.56 Å². The van der Waals surface area contributed by atoms with Gasteiger partial charge in [-0.1, -0.05) is 12.1 Å². The number of benzene rings is 2. The van der Waals surface area contributed by atoms with Gasteiger partial charge in [0.05, 0.1) is 5.56 Å². The van der Waals surface area contributed by atoms with Gasteiger partial charge in [-0.05, 0) is 29.8 Å². The van der Waals surface area contributed by atoms with E-state index >= 15 is 0 Å². The second kappa shape index (κ2) is 5.87. The molecule has 3 nitrogen and oxygen atoms in total. The zero-order valence-electron chi connectivity index (χ0n) is 11.1. The van der Waals surface area contributed by atoms with E-state index in [9.17, 15) is 18.0 Å². The average Bonchev–Trinajstić information content (AvgIpc) is 2.40. The highest BCUT2D eigenvalue weighted by Gasteiger charge is 2.18. The van der Waals surface area contributed by atoms with E-state index in [1.807, 2.05) is 0 Å². The maximum Gasteiger partial charge on any atom is 0.335 e. The van der Waals surface area contributed by atoms with Gasteiger partial charge in [0.1, 0.15) is 23.1 Å². The van der Waals surface area contributed by atoms with Gasteiger partial charge in [0.2, 0.25) is 0 Å². The number of carboxylic acid groups (broad SMARTS) is 1. The lowest BCUT2D eigenvalue weighted by Gasteiger charge is -2.21. The minimum absolute atomic E-state index is 0.153. The van der Waals surface area contributed by atoms with Gasteiger partial charge < -0.3 is 10.0 Å². The first-order valence-corrected chi connectivity index (χ1v) is 6.06. The molecule has 21 heavy (non-hydrogen) atoms. The third-order valence-corrected chi connectivity index (χ3v) is 2.98. The summed E-state index contributed by atoms with van der Waals surface area (Å²) in [5.74, 6) is -3.72. The molecule has 0 bridgehead atoms. The summed E-state index contributed by atoms with van der Waals surface area (Å²) in [7, 11) is 1.46. The number of anilines is 1. The van der Waals surface area contributed by atoms with Crippen molar-refractivity contribution >= 4 is 11.7 Å². The molecular weight excluding hydrogens is 283 g/mol. The second-order valence-corrected chi connectivity index (χ2v) is 4.58. The van der Waals surface area contributed by atoms with Crippen LogP contribution >= 0.6 is 0 Å². The molecule has 0 aliphatic carbocycles. The number of carboxylic acids is 1. The summed E-state index contributed by atoms with van der Waals surface area (Å²) in [4.78, 5) is 12.0. The summed E-state index contributed by atoms with van der Waals surface area (Å²) in [6.45, 7) is 0.153. The van der Waals surface area contributed by atoms with E-state index in [-0.39, 0.29) is 12.2 Å². The third kappa shape index (κ3) is 3.34. The summed E-state index contributed by atoms with van der Waals surface area (Å²) in [5, 5.41) is 8.74. The molecule has 2 aromatic carbocycles. The maximum absolute atomic E-state index is 13.9. The highest BCUT2D eigenvalue weighted by molar-refractivity contribution is 5.88. The smallest absolute Gasteiger partial charge is 0.335 e. The van der Waals surface area contributed by atoms with Crippen LogP contribution < -0.4 is 4.90 Å².